The van der Waals surface area contributed by atoms with Gasteiger partial charge in [-0.3, -0.25) is 4.79 Å². The minimum Gasteiger partial charge on any atom is -0.494 e. The fourth-order valence-corrected chi connectivity index (χ4v) is 3.48. The first kappa shape index (κ1) is 24.7. The number of methoxy groups -OCH3 is 1. The molecule has 33 heavy (non-hydrogen) atoms. The molecule has 0 fully saturated rings. The van der Waals surface area contributed by atoms with Crippen LogP contribution in [0, 0.1) is 0 Å². The molecule has 3 aromatic rings. The number of carbonyl (C=O) groups is 1. The number of nitrogens with zero attached hydrogens (tertiary/aromatic N) is 3. The second kappa shape index (κ2) is 10.4. The van der Waals surface area contributed by atoms with Gasteiger partial charge < -0.3 is 20.1 Å². The predicted molar refractivity (Wildman–Crippen MR) is 139 cm³/mol. The van der Waals surface area contributed by atoms with Gasteiger partial charge in [-0.25, -0.2) is 9.67 Å². The number of ether oxygens (including phenoxy) is 2. The molecular formula is C21H27B3ClN5O3. The summed E-state index contributed by atoms with van der Waals surface area (Å²) in [4.78, 5) is 16.9. The van der Waals surface area contributed by atoms with E-state index < -0.39 is 5.24 Å². The van der Waals surface area contributed by atoms with Gasteiger partial charge in [-0.2, -0.15) is 5.10 Å². The number of amides is 1. The Morgan fingerprint density at radius 3 is 2.70 bits per heavy atom. The van der Waals surface area contributed by atoms with Crippen LogP contribution >= 0.6 is 11.6 Å². The smallest absolute Gasteiger partial charge is 0.253 e. The first-order valence-corrected chi connectivity index (χ1v) is 11.1. The number of para-hydroxylation sites is 1. The van der Waals surface area contributed by atoms with Gasteiger partial charge in [-0.1, -0.05) is 17.7 Å². The van der Waals surface area contributed by atoms with Crippen LogP contribution in [0.5, 0.6) is 5.75 Å². The number of nitrogens with one attached hydrogen (secondary N) is 2. The van der Waals surface area contributed by atoms with E-state index in [4.69, 9.17) is 21.1 Å². The molecule has 0 saturated carbocycles. The molecule has 0 aliphatic carbocycles. The lowest BCUT2D eigenvalue weighted by atomic mass is 9.49. The zero-order valence-electron chi connectivity index (χ0n) is 19.8. The molecule has 0 radical (unpaired) electrons. The van der Waals surface area contributed by atoms with Crippen LogP contribution in [0.4, 0.5) is 11.4 Å². The summed E-state index contributed by atoms with van der Waals surface area (Å²) < 4.78 is 13.1. The molecule has 0 spiro atoms. The van der Waals surface area contributed by atoms with Gasteiger partial charge >= 0.3 is 0 Å². The maximum absolute atomic E-state index is 12.9. The molecule has 1 atom stereocenters. The average Bonchev–Trinajstić information content (AvgIpc) is 3.23. The van der Waals surface area contributed by atoms with Crippen LogP contribution in [-0.4, -0.2) is 63.2 Å². The van der Waals surface area contributed by atoms with Crippen molar-refractivity contribution in [1.29, 1.82) is 0 Å². The molecule has 0 saturated heterocycles. The first-order valence-electron chi connectivity index (χ1n) is 10.7. The van der Waals surface area contributed by atoms with Crippen molar-refractivity contribution in [3.63, 3.8) is 0 Å². The number of halogens is 1. The second-order valence-corrected chi connectivity index (χ2v) is 8.89. The van der Waals surface area contributed by atoms with E-state index >= 15 is 0 Å². The fraction of sp³-hybridized carbons (Fsp3) is 0.286. The monoisotopic (exact) mass is 465 g/mol. The Morgan fingerprint density at radius 2 is 2.03 bits per heavy atom. The molecule has 3 rings (SSSR count). The van der Waals surface area contributed by atoms with Gasteiger partial charge in [0.25, 0.3) is 5.91 Å². The summed E-state index contributed by atoms with van der Waals surface area (Å²) in [7, 11) is 7.34. The van der Waals surface area contributed by atoms with E-state index in [0.717, 1.165) is 11.3 Å². The lowest BCUT2D eigenvalue weighted by Crippen LogP contribution is -2.50. The Labute approximate surface area is 201 Å². The number of hydrogen-bond acceptors (Lipinski definition) is 6. The predicted octanol–water partition coefficient (Wildman–Crippen LogP) is 1.15. The van der Waals surface area contributed by atoms with Crippen LogP contribution in [0.25, 0.3) is 11.3 Å². The minimum atomic E-state index is -0.400. The summed E-state index contributed by atoms with van der Waals surface area (Å²) in [5.74, 6) is 0.329. The molecular weight excluding hydrogens is 438 g/mol. The van der Waals surface area contributed by atoms with Crippen molar-refractivity contribution in [3.05, 3.63) is 53.4 Å². The zero-order valence-corrected chi connectivity index (χ0v) is 20.5. The van der Waals surface area contributed by atoms with E-state index in [-0.39, 0.29) is 17.3 Å². The molecule has 1 aromatic carbocycles. The summed E-state index contributed by atoms with van der Waals surface area (Å²) in [6.07, 6.45) is 3.14. The quantitative estimate of drug-likeness (QED) is 0.364. The van der Waals surface area contributed by atoms with E-state index in [1.807, 2.05) is 67.8 Å². The van der Waals surface area contributed by atoms with Crippen LogP contribution in [-0.2, 0) is 4.74 Å². The zero-order chi connectivity index (χ0) is 24.2. The topological polar surface area (TPSA) is 90.3 Å². The summed E-state index contributed by atoms with van der Waals surface area (Å²) in [6, 6.07) is 9.20. The van der Waals surface area contributed by atoms with E-state index in [1.54, 1.807) is 17.9 Å². The van der Waals surface area contributed by atoms with Gasteiger partial charge in [0.15, 0.2) is 5.75 Å². The number of benzene rings is 1. The van der Waals surface area contributed by atoms with Gasteiger partial charge in [-0.15, -0.1) is 0 Å². The summed E-state index contributed by atoms with van der Waals surface area (Å²) in [5.41, 5.74) is 3.08. The van der Waals surface area contributed by atoms with E-state index in [2.05, 4.69) is 20.7 Å². The molecule has 0 aliphatic rings. The molecule has 2 aromatic heterocycles. The molecule has 1 unspecified atom stereocenters. The Balaban J connectivity index is 1.98. The van der Waals surface area contributed by atoms with Crippen molar-refractivity contribution in [3.8, 4) is 17.0 Å². The summed E-state index contributed by atoms with van der Waals surface area (Å²) in [6.45, 7) is 4.48. The number of aromatic nitrogens is 3. The fourth-order valence-electron chi connectivity index (χ4n) is 3.33. The number of carbonyl (C=O) groups excluding carboxylic acids is 1. The first-order chi connectivity index (χ1) is 15.6. The highest BCUT2D eigenvalue weighted by Gasteiger charge is 2.21. The summed E-state index contributed by atoms with van der Waals surface area (Å²) >= 11 is 6.14. The van der Waals surface area contributed by atoms with Crippen LogP contribution in [0.1, 0.15) is 30.4 Å². The molecule has 1 amide bonds. The number of rotatable bonds is 9. The maximum atomic E-state index is 12.9. The number of hydrogen-bond donors (Lipinski definition) is 2. The lowest BCUT2D eigenvalue weighted by Gasteiger charge is -2.22. The van der Waals surface area contributed by atoms with Gasteiger partial charge in [0.1, 0.15) is 34.9 Å². The molecule has 8 nitrogen and oxygen atoms in total. The molecule has 2 N–H and O–H groups in total. The van der Waals surface area contributed by atoms with Crippen molar-refractivity contribution < 1.29 is 14.3 Å². The van der Waals surface area contributed by atoms with Gasteiger partial charge in [0.2, 0.25) is 0 Å². The van der Waals surface area contributed by atoms with Crippen molar-refractivity contribution in [2.45, 2.75) is 25.3 Å². The normalized spacial score (nSPS) is 12.2. The van der Waals surface area contributed by atoms with Crippen LogP contribution in [0.3, 0.4) is 0 Å². The Kier molecular flexibility index (Phi) is 7.76. The Hall–Kier alpha value is -2.91. The van der Waals surface area contributed by atoms with Crippen molar-refractivity contribution in [2.24, 2.45) is 0 Å². The molecule has 0 bridgehead atoms. The number of anilines is 2. The second-order valence-electron chi connectivity index (χ2n) is 8.50. The third kappa shape index (κ3) is 6.12. The Morgan fingerprint density at radius 1 is 1.27 bits per heavy atom. The van der Waals surface area contributed by atoms with Crippen LogP contribution < -0.4 is 15.4 Å². The van der Waals surface area contributed by atoms with Gasteiger partial charge in [-0.05, 0) is 43.3 Å². The minimum absolute atomic E-state index is 0.182. The Bertz CT molecular complexity index is 1140. The standard InChI is InChI=1S/C21H27B3ClN5O3/c1-4-33-12(2)30-9-8-15(29-30)13-6-5-7-16(19(13)32-3)27-17-10-18(25)26-11-14(17)20(31)28-21(22,23)24/h5-12H,4,22-24H2,1-3H3,(H,26,27)(H,28,31). The van der Waals surface area contributed by atoms with Crippen molar-refractivity contribution in [2.75, 3.05) is 19.0 Å². The maximum Gasteiger partial charge on any atom is 0.253 e. The molecule has 2 heterocycles. The summed E-state index contributed by atoms with van der Waals surface area (Å²) in [5, 5.41) is 10.8. The van der Waals surface area contributed by atoms with Crippen molar-refractivity contribution >= 4 is 52.4 Å². The highest BCUT2D eigenvalue weighted by molar-refractivity contribution is 6.60. The van der Waals surface area contributed by atoms with Gasteiger partial charge in [0.05, 0.1) is 29.7 Å². The van der Waals surface area contributed by atoms with E-state index in [1.165, 1.54) is 6.20 Å². The van der Waals surface area contributed by atoms with Crippen LogP contribution in [0.2, 0.25) is 5.15 Å². The third-order valence-corrected chi connectivity index (χ3v) is 4.96. The number of pyridine rings is 1. The van der Waals surface area contributed by atoms with E-state index in [0.29, 0.717) is 29.3 Å². The molecule has 12 heteroatoms. The SMILES string of the molecule is BC(B)(B)NC(=O)c1cnc(Cl)cc1Nc1cccc(-c2ccn(C(C)OCC)n2)c1OC. The van der Waals surface area contributed by atoms with Crippen LogP contribution in [0.15, 0.2) is 42.7 Å². The van der Waals surface area contributed by atoms with Crippen molar-refractivity contribution in [1.82, 2.24) is 20.1 Å². The third-order valence-electron chi connectivity index (χ3n) is 4.76. The average molecular weight is 465 g/mol. The molecule has 0 aliphatic heterocycles. The highest BCUT2D eigenvalue weighted by Crippen LogP contribution is 2.38. The molecule has 170 valence electrons. The highest BCUT2D eigenvalue weighted by atomic mass is 35.5. The van der Waals surface area contributed by atoms with E-state index in [9.17, 15) is 4.79 Å². The largest absolute Gasteiger partial charge is 0.494 e. The van der Waals surface area contributed by atoms with Gasteiger partial charge in [0, 0.05) is 24.6 Å². The lowest BCUT2D eigenvalue weighted by molar-refractivity contribution is 0.0161.